The molecule has 2 heterocycles. The van der Waals surface area contributed by atoms with E-state index in [1.807, 2.05) is 0 Å². The maximum atomic E-state index is 11.2. The third-order valence-electron chi connectivity index (χ3n) is 3.73. The Kier molecular flexibility index (Phi) is 4.80. The van der Waals surface area contributed by atoms with Crippen molar-refractivity contribution in [3.05, 3.63) is 11.7 Å². The summed E-state index contributed by atoms with van der Waals surface area (Å²) in [6.45, 7) is 6.09. The first-order valence-electron chi connectivity index (χ1n) is 7.06. The lowest BCUT2D eigenvalue weighted by Gasteiger charge is -2.26. The van der Waals surface area contributed by atoms with Crippen molar-refractivity contribution < 1.29 is 12.9 Å². The van der Waals surface area contributed by atoms with Gasteiger partial charge in [-0.1, -0.05) is 18.5 Å². The van der Waals surface area contributed by atoms with Crippen LogP contribution in [-0.4, -0.2) is 42.3 Å². The zero-order valence-corrected chi connectivity index (χ0v) is 13.2. The summed E-state index contributed by atoms with van der Waals surface area (Å²) in [4.78, 5) is 6.52. The topological polar surface area (TPSA) is 76.3 Å². The number of aromatic nitrogens is 2. The molecule has 0 aliphatic carbocycles. The van der Waals surface area contributed by atoms with Gasteiger partial charge in [0.25, 0.3) is 0 Å². The largest absolute Gasteiger partial charge is 0.338 e. The summed E-state index contributed by atoms with van der Waals surface area (Å²) in [7, 11) is -3.12. The number of likely N-dealkylation sites (tertiary alicyclic amines) is 1. The second kappa shape index (κ2) is 6.22. The molecule has 0 aromatic carbocycles. The van der Waals surface area contributed by atoms with Crippen LogP contribution in [0.25, 0.3) is 0 Å². The van der Waals surface area contributed by atoms with Crippen LogP contribution in [0.5, 0.6) is 0 Å². The number of rotatable bonds is 4. The monoisotopic (exact) mass is 301 g/mol. The van der Waals surface area contributed by atoms with Crippen molar-refractivity contribution >= 4 is 9.84 Å². The first kappa shape index (κ1) is 15.4. The van der Waals surface area contributed by atoms with Crippen LogP contribution in [0.2, 0.25) is 0 Å². The highest BCUT2D eigenvalue weighted by molar-refractivity contribution is 7.89. The number of nitrogens with zero attached hydrogens (tertiary/aromatic N) is 3. The predicted molar refractivity (Wildman–Crippen MR) is 75.7 cm³/mol. The van der Waals surface area contributed by atoms with Crippen LogP contribution in [0.4, 0.5) is 0 Å². The Labute approximate surface area is 120 Å². The fraction of sp³-hybridized carbons (Fsp3) is 0.846. The normalized spacial score (nSPS) is 25.6. The Morgan fingerprint density at radius 3 is 2.80 bits per heavy atom. The summed E-state index contributed by atoms with van der Waals surface area (Å²) in [6, 6.07) is 0.491. The highest BCUT2D eigenvalue weighted by atomic mass is 32.2. The molecule has 1 fully saturated rings. The molecule has 0 N–H and O–H groups in total. The molecule has 1 aliphatic heterocycles. The van der Waals surface area contributed by atoms with Crippen molar-refractivity contribution in [2.24, 2.45) is 5.92 Å². The zero-order chi connectivity index (χ0) is 14.8. The van der Waals surface area contributed by atoms with Crippen LogP contribution >= 0.6 is 0 Å². The average Bonchev–Trinajstić information content (AvgIpc) is 2.66. The highest BCUT2D eigenvalue weighted by Gasteiger charge is 2.23. The quantitative estimate of drug-likeness (QED) is 0.841. The molecule has 0 bridgehead atoms. The second-order valence-corrected chi connectivity index (χ2v) is 8.13. The van der Waals surface area contributed by atoms with Crippen molar-refractivity contribution in [2.75, 3.05) is 12.8 Å². The average molecular weight is 301 g/mol. The highest BCUT2D eigenvalue weighted by Crippen LogP contribution is 2.22. The van der Waals surface area contributed by atoms with Crippen LogP contribution < -0.4 is 0 Å². The molecular formula is C13H23N3O3S. The van der Waals surface area contributed by atoms with Gasteiger partial charge in [-0.2, -0.15) is 4.98 Å². The molecule has 1 aromatic heterocycles. The van der Waals surface area contributed by atoms with E-state index in [4.69, 9.17) is 4.52 Å². The van der Waals surface area contributed by atoms with Gasteiger partial charge in [0.15, 0.2) is 15.7 Å². The molecule has 114 valence electrons. The summed E-state index contributed by atoms with van der Waals surface area (Å²) < 4.78 is 27.6. The van der Waals surface area contributed by atoms with E-state index in [9.17, 15) is 8.42 Å². The molecule has 1 aliphatic rings. The van der Waals surface area contributed by atoms with Crippen LogP contribution in [0, 0.1) is 5.92 Å². The van der Waals surface area contributed by atoms with E-state index in [0.717, 1.165) is 6.54 Å². The lowest BCUT2D eigenvalue weighted by molar-refractivity contribution is 0.163. The van der Waals surface area contributed by atoms with E-state index < -0.39 is 9.84 Å². The standard InChI is InChI=1S/C13H23N3O3S/c1-10-5-4-6-11(2)16(7-10)8-13-14-12(15-19-13)9-20(3,17)18/h10-11H,4-9H2,1-3H3/t10-,11+/m1/s1. The number of hydrogen-bond donors (Lipinski definition) is 0. The van der Waals surface area contributed by atoms with Crippen molar-refractivity contribution in [1.82, 2.24) is 15.0 Å². The zero-order valence-electron chi connectivity index (χ0n) is 12.4. The maximum absolute atomic E-state index is 11.2. The molecule has 1 saturated heterocycles. The molecule has 6 nitrogen and oxygen atoms in total. The third-order valence-corrected chi connectivity index (χ3v) is 4.51. The first-order chi connectivity index (χ1) is 9.33. The van der Waals surface area contributed by atoms with Gasteiger partial charge in [0.05, 0.1) is 6.54 Å². The summed E-state index contributed by atoms with van der Waals surface area (Å²) >= 11 is 0. The van der Waals surface area contributed by atoms with E-state index in [0.29, 0.717) is 24.4 Å². The predicted octanol–water partition coefficient (Wildman–Crippen LogP) is 1.62. The van der Waals surface area contributed by atoms with E-state index in [2.05, 4.69) is 28.9 Å². The van der Waals surface area contributed by atoms with Gasteiger partial charge in [-0.05, 0) is 25.7 Å². The fourth-order valence-electron chi connectivity index (χ4n) is 2.66. The second-order valence-electron chi connectivity index (χ2n) is 5.99. The SMILES string of the molecule is C[C@@H]1CCC[C@H](C)N(Cc2nc(CS(C)(=O)=O)no2)C1. The molecule has 0 amide bonds. The Morgan fingerprint density at radius 1 is 1.35 bits per heavy atom. The Hall–Kier alpha value is -0.950. The van der Waals surface area contributed by atoms with Gasteiger partial charge >= 0.3 is 0 Å². The third kappa shape index (κ3) is 4.56. The summed E-state index contributed by atoms with van der Waals surface area (Å²) in [5.41, 5.74) is 0. The van der Waals surface area contributed by atoms with E-state index in [1.54, 1.807) is 0 Å². The lowest BCUT2D eigenvalue weighted by atomic mass is 10.1. The molecule has 0 spiro atoms. The van der Waals surface area contributed by atoms with E-state index in [1.165, 1.54) is 25.5 Å². The van der Waals surface area contributed by atoms with Crippen LogP contribution in [0.1, 0.15) is 44.8 Å². The van der Waals surface area contributed by atoms with Gasteiger partial charge in [0.1, 0.15) is 5.75 Å². The van der Waals surface area contributed by atoms with Gasteiger partial charge < -0.3 is 4.52 Å². The fourth-order valence-corrected chi connectivity index (χ4v) is 3.24. The van der Waals surface area contributed by atoms with Crippen LogP contribution in [0.15, 0.2) is 4.52 Å². The number of sulfone groups is 1. The molecule has 2 rings (SSSR count). The minimum Gasteiger partial charge on any atom is -0.338 e. The molecule has 1 aromatic rings. The summed E-state index contributed by atoms with van der Waals surface area (Å²) in [5, 5.41) is 3.74. The van der Waals surface area contributed by atoms with Crippen molar-refractivity contribution in [3.8, 4) is 0 Å². The molecular weight excluding hydrogens is 278 g/mol. The van der Waals surface area contributed by atoms with Crippen LogP contribution in [-0.2, 0) is 22.1 Å². The first-order valence-corrected chi connectivity index (χ1v) is 9.13. The molecule has 0 saturated carbocycles. The van der Waals surface area contributed by atoms with Gasteiger partial charge in [0, 0.05) is 18.8 Å². The smallest absolute Gasteiger partial charge is 0.240 e. The van der Waals surface area contributed by atoms with Crippen molar-refractivity contribution in [3.63, 3.8) is 0 Å². The lowest BCUT2D eigenvalue weighted by Crippen LogP contribution is -2.34. The van der Waals surface area contributed by atoms with Crippen LogP contribution in [0.3, 0.4) is 0 Å². The number of hydrogen-bond acceptors (Lipinski definition) is 6. The maximum Gasteiger partial charge on any atom is 0.240 e. The Balaban J connectivity index is 2.01. The molecule has 0 radical (unpaired) electrons. The minimum absolute atomic E-state index is 0.164. The van der Waals surface area contributed by atoms with E-state index >= 15 is 0 Å². The molecule has 7 heteroatoms. The molecule has 2 atom stereocenters. The van der Waals surface area contributed by atoms with Crippen molar-refractivity contribution in [2.45, 2.75) is 51.4 Å². The minimum atomic E-state index is -3.12. The Morgan fingerprint density at radius 2 is 2.10 bits per heavy atom. The molecule has 20 heavy (non-hydrogen) atoms. The summed E-state index contributed by atoms with van der Waals surface area (Å²) in [5.74, 6) is 1.25. The Bertz CT molecular complexity index is 541. The van der Waals surface area contributed by atoms with Gasteiger partial charge in [-0.15, -0.1) is 0 Å². The van der Waals surface area contributed by atoms with E-state index in [-0.39, 0.29) is 11.6 Å². The van der Waals surface area contributed by atoms with Gasteiger partial charge in [-0.25, -0.2) is 8.42 Å². The molecule has 0 unspecified atom stereocenters. The van der Waals surface area contributed by atoms with Gasteiger partial charge in [-0.3, -0.25) is 4.90 Å². The van der Waals surface area contributed by atoms with Gasteiger partial charge in [0.2, 0.25) is 5.89 Å². The van der Waals surface area contributed by atoms with Crippen molar-refractivity contribution in [1.29, 1.82) is 0 Å². The summed E-state index contributed by atoms with van der Waals surface area (Å²) in [6.07, 6.45) is 4.85.